The SMILES string of the molecule is CC(N)CC(C)NS(=O)(=O)N1CCC(C)CC1. The first-order valence-electron chi connectivity index (χ1n) is 6.34. The second-order valence-electron chi connectivity index (χ2n) is 5.32. The Bertz CT molecular complexity index is 322. The first-order chi connectivity index (χ1) is 7.81. The fraction of sp³-hybridized carbons (Fsp3) is 1.00. The number of hydrogen-bond donors (Lipinski definition) is 2. The lowest BCUT2D eigenvalue weighted by atomic mass is 10.0. The quantitative estimate of drug-likeness (QED) is 0.766. The minimum atomic E-state index is -3.32. The van der Waals surface area contributed by atoms with Crippen LogP contribution in [0.2, 0.25) is 0 Å². The molecule has 102 valence electrons. The first kappa shape index (κ1) is 14.9. The molecule has 17 heavy (non-hydrogen) atoms. The van der Waals surface area contributed by atoms with Crippen LogP contribution in [-0.2, 0) is 10.2 Å². The molecule has 0 saturated carbocycles. The van der Waals surface area contributed by atoms with E-state index in [9.17, 15) is 8.42 Å². The zero-order valence-corrected chi connectivity index (χ0v) is 11.8. The minimum Gasteiger partial charge on any atom is -0.328 e. The van der Waals surface area contributed by atoms with Crippen molar-refractivity contribution in [1.82, 2.24) is 9.03 Å². The fourth-order valence-corrected chi connectivity index (χ4v) is 3.61. The van der Waals surface area contributed by atoms with E-state index in [2.05, 4.69) is 11.6 Å². The van der Waals surface area contributed by atoms with E-state index in [1.54, 1.807) is 4.31 Å². The molecule has 1 heterocycles. The van der Waals surface area contributed by atoms with Gasteiger partial charge < -0.3 is 5.73 Å². The van der Waals surface area contributed by atoms with Crippen molar-refractivity contribution in [3.63, 3.8) is 0 Å². The van der Waals surface area contributed by atoms with E-state index in [4.69, 9.17) is 5.73 Å². The number of nitrogens with one attached hydrogen (secondary N) is 1. The third-order valence-electron chi connectivity index (χ3n) is 3.16. The molecule has 0 amide bonds. The summed E-state index contributed by atoms with van der Waals surface area (Å²) >= 11 is 0. The zero-order chi connectivity index (χ0) is 13.1. The van der Waals surface area contributed by atoms with Crippen molar-refractivity contribution in [2.45, 2.75) is 52.1 Å². The zero-order valence-electron chi connectivity index (χ0n) is 11.0. The summed E-state index contributed by atoms with van der Waals surface area (Å²) in [6.45, 7) is 7.15. The summed E-state index contributed by atoms with van der Waals surface area (Å²) in [5.74, 6) is 0.628. The van der Waals surface area contributed by atoms with Gasteiger partial charge in [0.25, 0.3) is 10.2 Å². The molecule has 2 atom stereocenters. The molecular formula is C11H25N3O2S. The molecule has 1 aliphatic heterocycles. The Labute approximate surface area is 105 Å². The fourth-order valence-electron chi connectivity index (χ4n) is 2.16. The summed E-state index contributed by atoms with van der Waals surface area (Å²) in [7, 11) is -3.32. The van der Waals surface area contributed by atoms with Crippen LogP contribution in [0.1, 0.15) is 40.0 Å². The van der Waals surface area contributed by atoms with E-state index in [-0.39, 0.29) is 12.1 Å². The largest absolute Gasteiger partial charge is 0.328 e. The van der Waals surface area contributed by atoms with Gasteiger partial charge in [-0.15, -0.1) is 0 Å². The highest BCUT2D eigenvalue weighted by molar-refractivity contribution is 7.87. The van der Waals surface area contributed by atoms with E-state index in [0.29, 0.717) is 25.4 Å². The van der Waals surface area contributed by atoms with Gasteiger partial charge in [-0.25, -0.2) is 0 Å². The average molecular weight is 263 g/mol. The molecule has 0 radical (unpaired) electrons. The van der Waals surface area contributed by atoms with Crippen LogP contribution in [0.25, 0.3) is 0 Å². The van der Waals surface area contributed by atoms with Crippen molar-refractivity contribution in [3.05, 3.63) is 0 Å². The lowest BCUT2D eigenvalue weighted by Crippen LogP contribution is -2.48. The topological polar surface area (TPSA) is 75.4 Å². The number of piperidine rings is 1. The standard InChI is InChI=1S/C11H25N3O2S/c1-9-4-6-14(7-5-9)17(15,16)13-11(3)8-10(2)12/h9-11,13H,4-8,12H2,1-3H3. The van der Waals surface area contributed by atoms with Gasteiger partial charge in [0.15, 0.2) is 0 Å². The predicted octanol–water partition coefficient (Wildman–Crippen LogP) is 0.679. The van der Waals surface area contributed by atoms with Crippen LogP contribution < -0.4 is 10.5 Å². The second kappa shape index (κ2) is 6.13. The number of hydrogen-bond acceptors (Lipinski definition) is 3. The van der Waals surface area contributed by atoms with Crippen molar-refractivity contribution in [1.29, 1.82) is 0 Å². The van der Waals surface area contributed by atoms with Gasteiger partial charge in [-0.05, 0) is 39.0 Å². The molecular weight excluding hydrogens is 238 g/mol. The maximum absolute atomic E-state index is 12.1. The molecule has 1 rings (SSSR count). The Morgan fingerprint density at radius 1 is 1.35 bits per heavy atom. The third-order valence-corrected chi connectivity index (χ3v) is 4.90. The van der Waals surface area contributed by atoms with E-state index < -0.39 is 10.2 Å². The van der Waals surface area contributed by atoms with Gasteiger partial charge >= 0.3 is 0 Å². The average Bonchev–Trinajstić information content (AvgIpc) is 2.15. The molecule has 1 aliphatic rings. The molecule has 1 fully saturated rings. The first-order valence-corrected chi connectivity index (χ1v) is 7.78. The van der Waals surface area contributed by atoms with E-state index >= 15 is 0 Å². The molecule has 1 saturated heterocycles. The summed E-state index contributed by atoms with van der Waals surface area (Å²) < 4.78 is 28.4. The van der Waals surface area contributed by atoms with Crippen molar-refractivity contribution >= 4 is 10.2 Å². The van der Waals surface area contributed by atoms with Gasteiger partial charge in [0.1, 0.15) is 0 Å². The molecule has 0 aromatic rings. The summed E-state index contributed by atoms with van der Waals surface area (Å²) in [5.41, 5.74) is 5.66. The molecule has 2 unspecified atom stereocenters. The van der Waals surface area contributed by atoms with Gasteiger partial charge in [0, 0.05) is 25.2 Å². The molecule has 0 aromatic heterocycles. The molecule has 0 bridgehead atoms. The van der Waals surface area contributed by atoms with E-state index in [0.717, 1.165) is 12.8 Å². The summed E-state index contributed by atoms with van der Waals surface area (Å²) in [4.78, 5) is 0. The summed E-state index contributed by atoms with van der Waals surface area (Å²) in [6, 6.07) is -0.103. The Hall–Kier alpha value is -0.170. The van der Waals surface area contributed by atoms with Crippen molar-refractivity contribution < 1.29 is 8.42 Å². The van der Waals surface area contributed by atoms with E-state index in [1.807, 2.05) is 13.8 Å². The lowest BCUT2D eigenvalue weighted by molar-refractivity contribution is 0.283. The maximum atomic E-state index is 12.1. The van der Waals surface area contributed by atoms with Gasteiger partial charge in [0.2, 0.25) is 0 Å². The minimum absolute atomic E-state index is 0.00841. The van der Waals surface area contributed by atoms with Gasteiger partial charge in [-0.3, -0.25) is 0 Å². The highest BCUT2D eigenvalue weighted by Crippen LogP contribution is 2.18. The third kappa shape index (κ3) is 4.91. The summed E-state index contributed by atoms with van der Waals surface area (Å²) in [6.07, 6.45) is 2.55. The Kier molecular flexibility index (Phi) is 5.37. The van der Waals surface area contributed by atoms with E-state index in [1.165, 1.54) is 0 Å². The smallest absolute Gasteiger partial charge is 0.279 e. The van der Waals surface area contributed by atoms with Gasteiger partial charge in [-0.2, -0.15) is 17.4 Å². The Morgan fingerprint density at radius 2 is 1.88 bits per heavy atom. The van der Waals surface area contributed by atoms with Crippen LogP contribution in [0, 0.1) is 5.92 Å². The molecule has 6 heteroatoms. The van der Waals surface area contributed by atoms with Crippen LogP contribution in [0.15, 0.2) is 0 Å². The van der Waals surface area contributed by atoms with Crippen LogP contribution in [0.3, 0.4) is 0 Å². The number of nitrogens with zero attached hydrogens (tertiary/aromatic N) is 1. The maximum Gasteiger partial charge on any atom is 0.279 e. The molecule has 3 N–H and O–H groups in total. The highest BCUT2D eigenvalue weighted by atomic mass is 32.2. The Morgan fingerprint density at radius 3 is 2.35 bits per heavy atom. The predicted molar refractivity (Wildman–Crippen MR) is 69.8 cm³/mol. The van der Waals surface area contributed by atoms with Crippen molar-refractivity contribution in [3.8, 4) is 0 Å². The van der Waals surface area contributed by atoms with Gasteiger partial charge in [-0.1, -0.05) is 6.92 Å². The van der Waals surface area contributed by atoms with Crippen molar-refractivity contribution in [2.75, 3.05) is 13.1 Å². The van der Waals surface area contributed by atoms with Crippen LogP contribution in [0.5, 0.6) is 0 Å². The van der Waals surface area contributed by atoms with Crippen LogP contribution >= 0.6 is 0 Å². The highest BCUT2D eigenvalue weighted by Gasteiger charge is 2.27. The van der Waals surface area contributed by atoms with Crippen LogP contribution in [-0.4, -0.2) is 37.9 Å². The lowest BCUT2D eigenvalue weighted by Gasteiger charge is -2.30. The monoisotopic (exact) mass is 263 g/mol. The van der Waals surface area contributed by atoms with Crippen molar-refractivity contribution in [2.24, 2.45) is 11.7 Å². The summed E-state index contributed by atoms with van der Waals surface area (Å²) in [5, 5.41) is 0. The Balaban J connectivity index is 2.50. The number of rotatable bonds is 5. The molecule has 0 aromatic carbocycles. The van der Waals surface area contributed by atoms with Crippen LogP contribution in [0.4, 0.5) is 0 Å². The molecule has 0 aliphatic carbocycles. The normalized spacial score (nSPS) is 23.5. The van der Waals surface area contributed by atoms with Gasteiger partial charge in [0.05, 0.1) is 0 Å². The molecule has 0 spiro atoms. The molecule has 5 nitrogen and oxygen atoms in total. The second-order valence-corrected chi connectivity index (χ2v) is 7.02. The number of nitrogens with two attached hydrogens (primary N) is 1.